The Morgan fingerprint density at radius 2 is 1.81 bits per heavy atom. The van der Waals surface area contributed by atoms with Crippen LogP contribution in [0.2, 0.25) is 0 Å². The Hall–Kier alpha value is -1.12. The number of Topliss-reactive ketones (excluding diaryl/α,β-unsaturated/α-hetero) is 1. The summed E-state index contributed by atoms with van der Waals surface area (Å²) in [5.41, 5.74) is 2.73. The highest BCUT2D eigenvalue weighted by molar-refractivity contribution is 5.97. The highest BCUT2D eigenvalue weighted by Gasteiger charge is 2.19. The van der Waals surface area contributed by atoms with E-state index in [2.05, 4.69) is 18.9 Å². The van der Waals surface area contributed by atoms with Gasteiger partial charge in [-0.15, -0.1) is 0 Å². The van der Waals surface area contributed by atoms with Gasteiger partial charge in [-0.05, 0) is 26.7 Å². The summed E-state index contributed by atoms with van der Waals surface area (Å²) in [5.74, 6) is 0.201. The third-order valence-corrected chi connectivity index (χ3v) is 3.21. The Morgan fingerprint density at radius 1 is 1.25 bits per heavy atom. The number of carbonyl (C=O) groups excluding carboxylic acids is 1. The van der Waals surface area contributed by atoms with Crippen LogP contribution >= 0.6 is 0 Å². The molecule has 0 aliphatic rings. The minimum atomic E-state index is 0.201. The second kappa shape index (κ2) is 5.28. The van der Waals surface area contributed by atoms with E-state index in [1.165, 1.54) is 0 Å². The number of ketones is 1. The van der Waals surface area contributed by atoms with Gasteiger partial charge in [0.15, 0.2) is 5.78 Å². The first-order chi connectivity index (χ1) is 7.56. The van der Waals surface area contributed by atoms with Crippen LogP contribution in [-0.2, 0) is 0 Å². The molecule has 90 valence electrons. The van der Waals surface area contributed by atoms with Gasteiger partial charge in [0, 0.05) is 12.1 Å². The minimum Gasteiger partial charge on any atom is -0.294 e. The molecule has 3 nitrogen and oxygen atoms in total. The Morgan fingerprint density at radius 3 is 2.25 bits per heavy atom. The summed E-state index contributed by atoms with van der Waals surface area (Å²) in [6.45, 7) is 10.1. The maximum absolute atomic E-state index is 11.8. The lowest BCUT2D eigenvalue weighted by atomic mass is 10.1. The van der Waals surface area contributed by atoms with Gasteiger partial charge in [0.05, 0.1) is 17.3 Å². The first kappa shape index (κ1) is 12.9. The van der Waals surface area contributed by atoms with E-state index in [9.17, 15) is 4.79 Å². The SMILES string of the molecule is CCC(=O)c1c(C)nn(C(CC)CC)c1C. The molecule has 0 N–H and O–H groups in total. The van der Waals surface area contributed by atoms with Gasteiger partial charge in [0.1, 0.15) is 0 Å². The molecule has 0 aliphatic heterocycles. The number of hydrogen-bond donors (Lipinski definition) is 0. The fourth-order valence-corrected chi connectivity index (χ4v) is 2.23. The largest absolute Gasteiger partial charge is 0.294 e. The van der Waals surface area contributed by atoms with Crippen LogP contribution in [0.15, 0.2) is 0 Å². The Labute approximate surface area is 97.8 Å². The molecular weight excluding hydrogens is 200 g/mol. The monoisotopic (exact) mass is 222 g/mol. The van der Waals surface area contributed by atoms with Gasteiger partial charge < -0.3 is 0 Å². The van der Waals surface area contributed by atoms with Gasteiger partial charge in [-0.1, -0.05) is 20.8 Å². The second-order valence-corrected chi connectivity index (χ2v) is 4.24. The summed E-state index contributed by atoms with van der Waals surface area (Å²) < 4.78 is 2.03. The van der Waals surface area contributed by atoms with Crippen LogP contribution in [0.5, 0.6) is 0 Å². The minimum absolute atomic E-state index is 0.201. The third-order valence-electron chi connectivity index (χ3n) is 3.21. The molecule has 1 aromatic rings. The zero-order valence-electron chi connectivity index (χ0n) is 11.0. The average molecular weight is 222 g/mol. The zero-order chi connectivity index (χ0) is 12.3. The van der Waals surface area contributed by atoms with Gasteiger partial charge in [-0.2, -0.15) is 5.10 Å². The number of carbonyl (C=O) groups is 1. The van der Waals surface area contributed by atoms with Crippen molar-refractivity contribution >= 4 is 5.78 Å². The standard InChI is InChI=1S/C13H22N2O/c1-6-11(7-2)15-10(5)13(9(4)14-15)12(16)8-3/h11H,6-8H2,1-5H3. The van der Waals surface area contributed by atoms with E-state index in [0.29, 0.717) is 12.5 Å². The van der Waals surface area contributed by atoms with Crippen LogP contribution in [0.3, 0.4) is 0 Å². The first-order valence-corrected chi connectivity index (χ1v) is 6.15. The van der Waals surface area contributed by atoms with Crippen LogP contribution in [-0.4, -0.2) is 15.6 Å². The van der Waals surface area contributed by atoms with Crippen LogP contribution in [0, 0.1) is 13.8 Å². The molecule has 0 spiro atoms. The van der Waals surface area contributed by atoms with Gasteiger partial charge in [-0.3, -0.25) is 9.48 Å². The summed E-state index contributed by atoms with van der Waals surface area (Å²) in [6, 6.07) is 0.414. The molecule has 0 aliphatic carbocycles. The molecule has 1 heterocycles. The van der Waals surface area contributed by atoms with Crippen LogP contribution < -0.4 is 0 Å². The average Bonchev–Trinajstić information content (AvgIpc) is 2.56. The molecule has 0 saturated heterocycles. The molecular formula is C13H22N2O. The molecule has 0 saturated carbocycles. The molecule has 0 aromatic carbocycles. The van der Waals surface area contributed by atoms with Crippen molar-refractivity contribution in [2.75, 3.05) is 0 Å². The molecule has 1 aromatic heterocycles. The van der Waals surface area contributed by atoms with Gasteiger partial charge in [0.25, 0.3) is 0 Å². The van der Waals surface area contributed by atoms with Crippen molar-refractivity contribution in [3.63, 3.8) is 0 Å². The predicted octanol–water partition coefficient (Wildman–Crippen LogP) is 3.45. The molecule has 0 radical (unpaired) electrons. The van der Waals surface area contributed by atoms with E-state index in [1.807, 2.05) is 25.5 Å². The van der Waals surface area contributed by atoms with E-state index >= 15 is 0 Å². The van der Waals surface area contributed by atoms with Gasteiger partial charge >= 0.3 is 0 Å². The third kappa shape index (κ3) is 2.18. The maximum Gasteiger partial charge on any atom is 0.166 e. The summed E-state index contributed by atoms with van der Waals surface area (Å²) in [4.78, 5) is 11.8. The molecule has 0 atom stereocenters. The molecule has 0 unspecified atom stereocenters. The van der Waals surface area contributed by atoms with E-state index in [-0.39, 0.29) is 5.78 Å². The number of hydrogen-bond acceptors (Lipinski definition) is 2. The van der Waals surface area contributed by atoms with Gasteiger partial charge in [-0.25, -0.2) is 0 Å². The summed E-state index contributed by atoms with van der Waals surface area (Å²) >= 11 is 0. The smallest absolute Gasteiger partial charge is 0.166 e. The quantitative estimate of drug-likeness (QED) is 0.715. The number of nitrogens with zero attached hydrogens (tertiary/aromatic N) is 2. The highest BCUT2D eigenvalue weighted by atomic mass is 16.1. The molecule has 16 heavy (non-hydrogen) atoms. The first-order valence-electron chi connectivity index (χ1n) is 6.15. The molecule has 0 fully saturated rings. The summed E-state index contributed by atoms with van der Waals surface area (Å²) in [5, 5.41) is 4.52. The zero-order valence-corrected chi connectivity index (χ0v) is 11.0. The van der Waals surface area contributed by atoms with Crippen molar-refractivity contribution in [3.05, 3.63) is 17.0 Å². The summed E-state index contributed by atoms with van der Waals surface area (Å²) in [6.07, 6.45) is 2.66. The van der Waals surface area contributed by atoms with E-state index < -0.39 is 0 Å². The van der Waals surface area contributed by atoms with E-state index in [4.69, 9.17) is 0 Å². The van der Waals surface area contributed by atoms with Crippen molar-refractivity contribution in [3.8, 4) is 0 Å². The van der Waals surface area contributed by atoms with Crippen molar-refractivity contribution < 1.29 is 4.79 Å². The lowest BCUT2D eigenvalue weighted by Crippen LogP contribution is -2.11. The lowest BCUT2D eigenvalue weighted by molar-refractivity contribution is 0.0987. The topological polar surface area (TPSA) is 34.9 Å². The Bertz CT molecular complexity index is 376. The number of aryl methyl sites for hydroxylation is 1. The van der Waals surface area contributed by atoms with E-state index in [1.54, 1.807) is 0 Å². The fourth-order valence-electron chi connectivity index (χ4n) is 2.23. The highest BCUT2D eigenvalue weighted by Crippen LogP contribution is 2.22. The fraction of sp³-hybridized carbons (Fsp3) is 0.692. The van der Waals surface area contributed by atoms with Crippen LogP contribution in [0.4, 0.5) is 0 Å². The molecule has 0 amide bonds. The van der Waals surface area contributed by atoms with Crippen molar-refractivity contribution in [2.45, 2.75) is 59.9 Å². The predicted molar refractivity (Wildman–Crippen MR) is 65.9 cm³/mol. The molecule has 1 rings (SSSR count). The van der Waals surface area contributed by atoms with Crippen molar-refractivity contribution in [2.24, 2.45) is 0 Å². The Kier molecular flexibility index (Phi) is 4.27. The second-order valence-electron chi connectivity index (χ2n) is 4.24. The van der Waals surface area contributed by atoms with Crippen molar-refractivity contribution in [1.82, 2.24) is 9.78 Å². The Balaban J connectivity index is 3.20. The summed E-state index contributed by atoms with van der Waals surface area (Å²) in [7, 11) is 0. The molecule has 0 bridgehead atoms. The number of rotatable bonds is 5. The number of aromatic nitrogens is 2. The lowest BCUT2D eigenvalue weighted by Gasteiger charge is -2.15. The van der Waals surface area contributed by atoms with E-state index in [0.717, 1.165) is 29.8 Å². The molecule has 3 heteroatoms. The maximum atomic E-state index is 11.8. The van der Waals surface area contributed by atoms with Crippen LogP contribution in [0.1, 0.15) is 67.8 Å². The van der Waals surface area contributed by atoms with Crippen molar-refractivity contribution in [1.29, 1.82) is 0 Å². The normalized spacial score (nSPS) is 11.1. The van der Waals surface area contributed by atoms with Crippen LogP contribution in [0.25, 0.3) is 0 Å². The van der Waals surface area contributed by atoms with Gasteiger partial charge in [0.2, 0.25) is 0 Å².